The molecule has 1 aliphatic rings. The van der Waals surface area contributed by atoms with Crippen LogP contribution in [0, 0.1) is 0 Å². The van der Waals surface area contributed by atoms with E-state index in [9.17, 15) is 9.59 Å². The highest BCUT2D eigenvalue weighted by Crippen LogP contribution is 2.27. The number of benzene rings is 3. The molecule has 32 heavy (non-hydrogen) atoms. The summed E-state index contributed by atoms with van der Waals surface area (Å²) >= 11 is 0. The van der Waals surface area contributed by atoms with Crippen molar-refractivity contribution >= 4 is 23.2 Å². The van der Waals surface area contributed by atoms with Crippen molar-refractivity contribution in [2.24, 2.45) is 0 Å². The zero-order valence-corrected chi connectivity index (χ0v) is 18.2. The molecule has 0 aliphatic carbocycles. The van der Waals surface area contributed by atoms with Crippen molar-refractivity contribution < 1.29 is 14.3 Å². The Bertz CT molecular complexity index is 1060. The van der Waals surface area contributed by atoms with E-state index < -0.39 is 0 Å². The van der Waals surface area contributed by atoms with E-state index in [1.54, 1.807) is 24.3 Å². The van der Waals surface area contributed by atoms with Crippen LogP contribution in [0.25, 0.3) is 0 Å². The lowest BCUT2D eigenvalue weighted by atomic mass is 10.1. The van der Waals surface area contributed by atoms with Crippen molar-refractivity contribution in [1.29, 1.82) is 0 Å². The average Bonchev–Trinajstić information content (AvgIpc) is 2.85. The van der Waals surface area contributed by atoms with Crippen molar-refractivity contribution in [2.45, 2.75) is 6.92 Å². The molecule has 0 radical (unpaired) electrons. The smallest absolute Gasteiger partial charge is 0.255 e. The van der Waals surface area contributed by atoms with Gasteiger partial charge < -0.3 is 19.9 Å². The Labute approximate surface area is 188 Å². The number of ether oxygens (including phenoxy) is 1. The Morgan fingerprint density at radius 3 is 2.16 bits per heavy atom. The molecule has 0 unspecified atom stereocenters. The summed E-state index contributed by atoms with van der Waals surface area (Å²) in [6.45, 7) is 5.19. The highest BCUT2D eigenvalue weighted by atomic mass is 16.5. The number of amides is 2. The van der Waals surface area contributed by atoms with Crippen LogP contribution in [0.2, 0.25) is 0 Å². The average molecular weight is 430 g/mol. The van der Waals surface area contributed by atoms with E-state index in [1.807, 2.05) is 66.4 Å². The van der Waals surface area contributed by atoms with E-state index >= 15 is 0 Å². The molecule has 0 bridgehead atoms. The van der Waals surface area contributed by atoms with Crippen LogP contribution >= 0.6 is 0 Å². The number of rotatable bonds is 6. The number of piperazine rings is 1. The minimum Gasteiger partial charge on any atom is -0.494 e. The van der Waals surface area contributed by atoms with Gasteiger partial charge in [0.1, 0.15) is 5.75 Å². The second-order valence-corrected chi connectivity index (χ2v) is 7.57. The van der Waals surface area contributed by atoms with Gasteiger partial charge in [0.2, 0.25) is 0 Å². The maximum atomic E-state index is 12.8. The highest BCUT2D eigenvalue weighted by Gasteiger charge is 2.23. The van der Waals surface area contributed by atoms with Gasteiger partial charge >= 0.3 is 0 Å². The number of carbonyl (C=O) groups is 2. The van der Waals surface area contributed by atoms with Gasteiger partial charge in [-0.1, -0.05) is 30.3 Å². The number of hydrogen-bond acceptors (Lipinski definition) is 4. The molecule has 1 saturated heterocycles. The van der Waals surface area contributed by atoms with Crippen LogP contribution in [0.5, 0.6) is 5.75 Å². The molecule has 1 N–H and O–H groups in total. The maximum Gasteiger partial charge on any atom is 0.255 e. The zero-order chi connectivity index (χ0) is 22.3. The van der Waals surface area contributed by atoms with Gasteiger partial charge in [0.05, 0.1) is 18.0 Å². The molecule has 3 aromatic rings. The second kappa shape index (κ2) is 10.0. The molecule has 6 heteroatoms. The van der Waals surface area contributed by atoms with Gasteiger partial charge in [0.25, 0.3) is 11.8 Å². The van der Waals surface area contributed by atoms with E-state index in [0.717, 1.165) is 17.1 Å². The van der Waals surface area contributed by atoms with Crippen LogP contribution < -0.4 is 15.0 Å². The second-order valence-electron chi connectivity index (χ2n) is 7.57. The lowest BCUT2D eigenvalue weighted by molar-refractivity contribution is 0.0746. The van der Waals surface area contributed by atoms with Crippen molar-refractivity contribution in [3.05, 3.63) is 90.0 Å². The largest absolute Gasteiger partial charge is 0.494 e. The van der Waals surface area contributed by atoms with Gasteiger partial charge in [-0.05, 0) is 55.5 Å². The molecule has 1 aliphatic heterocycles. The fourth-order valence-electron chi connectivity index (χ4n) is 3.83. The minimum absolute atomic E-state index is 0.0577. The number of nitrogens with zero attached hydrogens (tertiary/aromatic N) is 2. The SMILES string of the molecule is CCOc1ccc(C(=O)Nc2ccccc2N2CCN(C(=O)c3ccccc3)CC2)cc1. The quantitative estimate of drug-likeness (QED) is 0.635. The fraction of sp³-hybridized carbons (Fsp3) is 0.231. The molecule has 164 valence electrons. The lowest BCUT2D eigenvalue weighted by Gasteiger charge is -2.37. The molecular formula is C26H27N3O3. The third kappa shape index (κ3) is 4.91. The first-order valence-corrected chi connectivity index (χ1v) is 10.9. The normalized spacial score (nSPS) is 13.5. The molecule has 0 aromatic heterocycles. The Kier molecular flexibility index (Phi) is 6.70. The van der Waals surface area contributed by atoms with E-state index in [-0.39, 0.29) is 11.8 Å². The van der Waals surface area contributed by atoms with Crippen molar-refractivity contribution in [3.63, 3.8) is 0 Å². The number of nitrogens with one attached hydrogen (secondary N) is 1. The molecule has 2 amide bonds. The number of para-hydroxylation sites is 2. The van der Waals surface area contributed by atoms with Crippen molar-refractivity contribution in [1.82, 2.24) is 4.90 Å². The molecular weight excluding hydrogens is 402 g/mol. The topological polar surface area (TPSA) is 61.9 Å². The van der Waals surface area contributed by atoms with Crippen LogP contribution in [0.4, 0.5) is 11.4 Å². The summed E-state index contributed by atoms with van der Waals surface area (Å²) in [6, 6.07) is 24.3. The van der Waals surface area contributed by atoms with Gasteiger partial charge in [0, 0.05) is 37.3 Å². The van der Waals surface area contributed by atoms with E-state index in [2.05, 4.69) is 10.2 Å². The summed E-state index contributed by atoms with van der Waals surface area (Å²) < 4.78 is 5.44. The highest BCUT2D eigenvalue weighted by molar-refractivity contribution is 6.06. The summed E-state index contributed by atoms with van der Waals surface area (Å²) in [5, 5.41) is 3.03. The van der Waals surface area contributed by atoms with Gasteiger partial charge in [0.15, 0.2) is 0 Å². The van der Waals surface area contributed by atoms with Crippen LogP contribution in [-0.4, -0.2) is 49.5 Å². The van der Waals surface area contributed by atoms with E-state index in [0.29, 0.717) is 43.9 Å². The van der Waals surface area contributed by atoms with Crippen LogP contribution in [0.3, 0.4) is 0 Å². The number of anilines is 2. The van der Waals surface area contributed by atoms with Gasteiger partial charge in [-0.25, -0.2) is 0 Å². The van der Waals surface area contributed by atoms with Crippen LogP contribution in [0.15, 0.2) is 78.9 Å². The Balaban J connectivity index is 1.41. The van der Waals surface area contributed by atoms with Crippen molar-refractivity contribution in [2.75, 3.05) is 43.0 Å². The molecule has 4 rings (SSSR count). The zero-order valence-electron chi connectivity index (χ0n) is 18.2. The molecule has 0 spiro atoms. The molecule has 1 fully saturated rings. The third-order valence-electron chi connectivity index (χ3n) is 5.51. The molecule has 6 nitrogen and oxygen atoms in total. The fourth-order valence-corrected chi connectivity index (χ4v) is 3.83. The first-order chi connectivity index (χ1) is 15.7. The third-order valence-corrected chi connectivity index (χ3v) is 5.51. The van der Waals surface area contributed by atoms with Crippen LogP contribution in [0.1, 0.15) is 27.6 Å². The summed E-state index contributed by atoms with van der Waals surface area (Å²) in [5.41, 5.74) is 3.00. The lowest BCUT2D eigenvalue weighted by Crippen LogP contribution is -2.49. The first kappa shape index (κ1) is 21.4. The summed E-state index contributed by atoms with van der Waals surface area (Å²) in [7, 11) is 0. The summed E-state index contributed by atoms with van der Waals surface area (Å²) in [6.07, 6.45) is 0. The Hall–Kier alpha value is -3.80. The monoisotopic (exact) mass is 429 g/mol. The molecule has 3 aromatic carbocycles. The predicted octanol–water partition coefficient (Wildman–Crippen LogP) is 4.30. The predicted molar refractivity (Wildman–Crippen MR) is 127 cm³/mol. The maximum absolute atomic E-state index is 12.8. The minimum atomic E-state index is -0.168. The van der Waals surface area contributed by atoms with E-state index in [1.165, 1.54) is 0 Å². The Morgan fingerprint density at radius 2 is 1.47 bits per heavy atom. The van der Waals surface area contributed by atoms with Gasteiger partial charge in [-0.15, -0.1) is 0 Å². The Morgan fingerprint density at radius 1 is 0.812 bits per heavy atom. The number of carbonyl (C=O) groups excluding carboxylic acids is 2. The molecule has 0 atom stereocenters. The standard InChI is InChI=1S/C26H27N3O3/c1-2-32-22-14-12-20(13-15-22)25(30)27-23-10-6-7-11-24(23)28-16-18-29(19-17-28)26(31)21-8-4-3-5-9-21/h3-15H,2,16-19H2,1H3,(H,27,30). The van der Waals surface area contributed by atoms with Crippen LogP contribution in [-0.2, 0) is 0 Å². The molecule has 1 heterocycles. The summed E-state index contributed by atoms with van der Waals surface area (Å²) in [5.74, 6) is 0.632. The number of hydrogen-bond donors (Lipinski definition) is 1. The first-order valence-electron chi connectivity index (χ1n) is 10.9. The summed E-state index contributed by atoms with van der Waals surface area (Å²) in [4.78, 5) is 29.6. The van der Waals surface area contributed by atoms with Gasteiger partial charge in [-0.3, -0.25) is 9.59 Å². The molecule has 0 saturated carbocycles. The van der Waals surface area contributed by atoms with Gasteiger partial charge in [-0.2, -0.15) is 0 Å². The van der Waals surface area contributed by atoms with E-state index in [4.69, 9.17) is 4.74 Å². The van der Waals surface area contributed by atoms with Crippen molar-refractivity contribution in [3.8, 4) is 5.75 Å².